The van der Waals surface area contributed by atoms with Crippen LogP contribution < -0.4 is 0 Å². The van der Waals surface area contributed by atoms with Crippen molar-refractivity contribution in [2.24, 2.45) is 0 Å². The average Bonchev–Trinajstić information content (AvgIpc) is 2.20. The Morgan fingerprint density at radius 3 is 1.69 bits per heavy atom. The van der Waals surface area contributed by atoms with Crippen molar-refractivity contribution in [2.45, 2.75) is 71.6 Å². The summed E-state index contributed by atoms with van der Waals surface area (Å²) in [5.41, 5.74) is 0. The molecule has 0 amide bonds. The van der Waals surface area contributed by atoms with Gasteiger partial charge in [0.2, 0.25) is 0 Å². The van der Waals surface area contributed by atoms with Crippen molar-refractivity contribution in [3.8, 4) is 0 Å². The first-order chi connectivity index (χ1) is 6.14. The molecule has 1 heteroatoms. The summed E-state index contributed by atoms with van der Waals surface area (Å²) in [6, 6.07) is 5.99. The van der Waals surface area contributed by atoms with Crippen LogP contribution in [0.25, 0.3) is 0 Å². The lowest BCUT2D eigenvalue weighted by Crippen LogP contribution is -2.31. The van der Waals surface area contributed by atoms with Crippen LogP contribution in [-0.2, 0) is 0 Å². The van der Waals surface area contributed by atoms with Crippen molar-refractivity contribution in [1.29, 1.82) is 0 Å². The van der Waals surface area contributed by atoms with Gasteiger partial charge in [-0.2, -0.15) is 0 Å². The maximum absolute atomic E-state index is 2.40. The molecule has 0 bridgehead atoms. The molecule has 0 aromatic rings. The summed E-state index contributed by atoms with van der Waals surface area (Å²) in [6.45, 7) is 11.8. The predicted molar refractivity (Wildman–Crippen MR) is 65.8 cm³/mol. The molecule has 0 rings (SSSR count). The van der Waals surface area contributed by atoms with Gasteiger partial charge in [-0.15, -0.1) is 0 Å². The van der Waals surface area contributed by atoms with Gasteiger partial charge in [-0.1, -0.05) is 65.2 Å². The fourth-order valence-electron chi connectivity index (χ4n) is 1.94. The van der Waals surface area contributed by atoms with Gasteiger partial charge in [0.05, 0.1) is 8.07 Å². The largest absolute Gasteiger partial charge is 0.0678 e. The topological polar surface area (TPSA) is 0 Å². The lowest BCUT2D eigenvalue weighted by atomic mass is 10.1. The van der Waals surface area contributed by atoms with E-state index in [9.17, 15) is 0 Å². The second kappa shape index (κ2) is 6.64. The molecule has 0 N–H and O–H groups in total. The molecule has 0 aliphatic carbocycles. The van der Waals surface area contributed by atoms with Crippen LogP contribution in [-0.4, -0.2) is 8.07 Å². The van der Waals surface area contributed by atoms with Gasteiger partial charge < -0.3 is 0 Å². The van der Waals surface area contributed by atoms with E-state index in [1.54, 1.807) is 5.92 Å². The molecule has 0 saturated heterocycles. The van der Waals surface area contributed by atoms with E-state index in [1.807, 2.05) is 0 Å². The van der Waals surface area contributed by atoms with E-state index < -0.39 is 8.07 Å². The minimum absolute atomic E-state index is 0.817. The van der Waals surface area contributed by atoms with E-state index >= 15 is 0 Å². The zero-order valence-corrected chi connectivity index (χ0v) is 11.2. The van der Waals surface area contributed by atoms with Crippen LogP contribution in [0.1, 0.15) is 47.5 Å². The SMILES string of the molecule is CC[C](C)CC[Si](CC)(CC)CC. The van der Waals surface area contributed by atoms with E-state index in [0.717, 1.165) is 0 Å². The van der Waals surface area contributed by atoms with Gasteiger partial charge in [0.25, 0.3) is 0 Å². The van der Waals surface area contributed by atoms with Crippen molar-refractivity contribution in [2.75, 3.05) is 0 Å². The van der Waals surface area contributed by atoms with Crippen LogP contribution in [0.2, 0.25) is 24.2 Å². The number of rotatable bonds is 7. The van der Waals surface area contributed by atoms with E-state index in [-0.39, 0.29) is 0 Å². The summed E-state index contributed by atoms with van der Waals surface area (Å²) < 4.78 is 0. The van der Waals surface area contributed by atoms with Crippen molar-refractivity contribution in [3.63, 3.8) is 0 Å². The quantitative estimate of drug-likeness (QED) is 0.512. The van der Waals surface area contributed by atoms with E-state index in [1.165, 1.54) is 37.0 Å². The summed E-state index contributed by atoms with van der Waals surface area (Å²) in [5, 5.41) is 0. The fourth-order valence-corrected chi connectivity index (χ4v) is 5.45. The Labute approximate surface area is 86.1 Å². The highest BCUT2D eigenvalue weighted by Crippen LogP contribution is 2.29. The lowest BCUT2D eigenvalue weighted by molar-refractivity contribution is 0.801. The van der Waals surface area contributed by atoms with Gasteiger partial charge in [-0.3, -0.25) is 0 Å². The average molecular weight is 199 g/mol. The van der Waals surface area contributed by atoms with E-state index in [4.69, 9.17) is 0 Å². The molecule has 13 heavy (non-hydrogen) atoms. The normalized spacial score (nSPS) is 12.5. The molecule has 0 spiro atoms. The Kier molecular flexibility index (Phi) is 6.75. The summed E-state index contributed by atoms with van der Waals surface area (Å²) in [7, 11) is -0.817. The summed E-state index contributed by atoms with van der Waals surface area (Å²) in [5.74, 6) is 1.70. The Balaban J connectivity index is 3.95. The van der Waals surface area contributed by atoms with Gasteiger partial charge in [0.1, 0.15) is 0 Å². The molecule has 0 unspecified atom stereocenters. The van der Waals surface area contributed by atoms with Crippen LogP contribution in [0.4, 0.5) is 0 Å². The highest BCUT2D eigenvalue weighted by Gasteiger charge is 2.26. The molecular weight excluding hydrogens is 172 g/mol. The molecule has 79 valence electrons. The van der Waals surface area contributed by atoms with Crippen LogP contribution in [0, 0.1) is 5.92 Å². The standard InChI is InChI=1S/C12H27Si/c1-6-12(5)10-11-13(7-2,8-3)9-4/h6-11H2,1-5H3. The van der Waals surface area contributed by atoms with E-state index in [0.29, 0.717) is 0 Å². The second-order valence-electron chi connectivity index (χ2n) is 4.37. The van der Waals surface area contributed by atoms with Gasteiger partial charge >= 0.3 is 0 Å². The first kappa shape index (κ1) is 13.2. The molecule has 0 aliphatic heterocycles. The molecular formula is C12H27Si. The predicted octanol–water partition coefficient (Wildman–Crippen LogP) is 4.89. The molecule has 0 aromatic carbocycles. The maximum Gasteiger partial charge on any atom is 0.0527 e. The monoisotopic (exact) mass is 199 g/mol. The van der Waals surface area contributed by atoms with Crippen LogP contribution in [0.15, 0.2) is 0 Å². The summed E-state index contributed by atoms with van der Waals surface area (Å²) in [6.07, 6.45) is 2.68. The summed E-state index contributed by atoms with van der Waals surface area (Å²) >= 11 is 0. The number of hydrogen-bond acceptors (Lipinski definition) is 0. The molecule has 0 aromatic heterocycles. The Morgan fingerprint density at radius 1 is 0.923 bits per heavy atom. The van der Waals surface area contributed by atoms with Crippen molar-refractivity contribution < 1.29 is 0 Å². The highest BCUT2D eigenvalue weighted by atomic mass is 28.3. The van der Waals surface area contributed by atoms with Gasteiger partial charge in [-0.05, 0) is 12.3 Å². The van der Waals surface area contributed by atoms with Crippen molar-refractivity contribution in [1.82, 2.24) is 0 Å². The smallest absolute Gasteiger partial charge is 0.0527 e. The van der Waals surface area contributed by atoms with Gasteiger partial charge in [0, 0.05) is 0 Å². The second-order valence-corrected chi connectivity index (χ2v) is 9.99. The fraction of sp³-hybridized carbons (Fsp3) is 0.917. The molecule has 0 heterocycles. The number of hydrogen-bond donors (Lipinski definition) is 0. The Bertz CT molecular complexity index is 108. The highest BCUT2D eigenvalue weighted by molar-refractivity contribution is 6.79. The minimum atomic E-state index is -0.817. The third-order valence-electron chi connectivity index (χ3n) is 3.94. The Hall–Kier alpha value is 0.217. The minimum Gasteiger partial charge on any atom is -0.0678 e. The zero-order valence-electron chi connectivity index (χ0n) is 10.2. The van der Waals surface area contributed by atoms with Crippen molar-refractivity contribution >= 4 is 8.07 Å². The summed E-state index contributed by atoms with van der Waals surface area (Å²) in [4.78, 5) is 0. The molecule has 0 fully saturated rings. The third-order valence-corrected chi connectivity index (χ3v) is 9.75. The van der Waals surface area contributed by atoms with E-state index in [2.05, 4.69) is 34.6 Å². The molecule has 0 saturated carbocycles. The molecule has 1 radical (unpaired) electrons. The maximum atomic E-state index is 2.40. The molecule has 0 aliphatic rings. The first-order valence-electron chi connectivity index (χ1n) is 5.95. The van der Waals surface area contributed by atoms with Gasteiger partial charge in [-0.25, -0.2) is 0 Å². The molecule has 0 atom stereocenters. The first-order valence-corrected chi connectivity index (χ1v) is 8.78. The van der Waals surface area contributed by atoms with Crippen molar-refractivity contribution in [3.05, 3.63) is 5.92 Å². The third kappa shape index (κ3) is 4.30. The van der Waals surface area contributed by atoms with Gasteiger partial charge in [0.15, 0.2) is 0 Å². The Morgan fingerprint density at radius 2 is 1.38 bits per heavy atom. The lowest BCUT2D eigenvalue weighted by Gasteiger charge is -2.29. The van der Waals surface area contributed by atoms with Crippen LogP contribution in [0.3, 0.4) is 0 Å². The van der Waals surface area contributed by atoms with Crippen LogP contribution >= 0.6 is 0 Å². The zero-order chi connectivity index (χ0) is 10.3. The van der Waals surface area contributed by atoms with Crippen LogP contribution in [0.5, 0.6) is 0 Å². The molecule has 0 nitrogen and oxygen atoms in total.